The Morgan fingerprint density at radius 1 is 0.875 bits per heavy atom. The van der Waals surface area contributed by atoms with Crippen molar-refractivity contribution in [2.24, 2.45) is 11.8 Å². The maximum absolute atomic E-state index is 13.5. The lowest BCUT2D eigenvalue weighted by molar-refractivity contribution is -0.0108. The van der Waals surface area contributed by atoms with Gasteiger partial charge in [-0.25, -0.2) is 9.48 Å². The van der Waals surface area contributed by atoms with Crippen LogP contribution in [0.2, 0.25) is 51.4 Å². The molecule has 2 saturated heterocycles. The van der Waals surface area contributed by atoms with Gasteiger partial charge in [-0.2, -0.15) is 5.10 Å². The second-order valence-corrected chi connectivity index (χ2v) is 31.4. The summed E-state index contributed by atoms with van der Waals surface area (Å²) >= 11 is 0. The number of benzene rings is 2. The molecule has 4 atom stereocenters. The molecule has 306 valence electrons. The van der Waals surface area contributed by atoms with Crippen molar-refractivity contribution in [1.29, 1.82) is 0 Å². The molecule has 4 heterocycles. The quantitative estimate of drug-likeness (QED) is 0.0923. The first-order valence-corrected chi connectivity index (χ1v) is 28.5. The van der Waals surface area contributed by atoms with Crippen molar-refractivity contribution >= 4 is 44.7 Å². The molecular weight excluding hydrogens is 735 g/mol. The van der Waals surface area contributed by atoms with E-state index in [0.717, 1.165) is 97.7 Å². The standard InChI is InChI=1S/C44H67N5O5Si2/c1-44(2,3)54-43(50)48-35-16-17-36(48)25-34(24-35)40-39(31-12-13-31)42(47(28-52-19-21-55(5,6)7)29-53-20-22-56(8,9)10)49-41(46-40)38(27-45-49)32-14-11-30-15-18-37(51-4)26-33(30)23-32/h11,14-15,18,23,26-27,31,34-36,40,46H,12-13,16-17,19-22,24-25,28-29H2,1-10H3/t34?,35-,36+,40-/m1/s1. The molecule has 4 aliphatic rings. The fourth-order valence-corrected chi connectivity index (χ4v) is 10.3. The molecule has 2 aromatic carbocycles. The van der Waals surface area contributed by atoms with Gasteiger partial charge in [-0.05, 0) is 123 Å². The second-order valence-electron chi connectivity index (χ2n) is 20.2. The fourth-order valence-electron chi connectivity index (χ4n) is 8.75. The summed E-state index contributed by atoms with van der Waals surface area (Å²) < 4.78 is 26.9. The highest BCUT2D eigenvalue weighted by atomic mass is 28.3. The molecule has 2 bridgehead atoms. The van der Waals surface area contributed by atoms with Crippen molar-refractivity contribution in [3.63, 3.8) is 0 Å². The van der Waals surface area contributed by atoms with E-state index >= 15 is 0 Å². The van der Waals surface area contributed by atoms with Gasteiger partial charge in [0.1, 0.15) is 36.5 Å². The Balaban J connectivity index is 1.29. The molecule has 12 heteroatoms. The number of hydrogen-bond donors (Lipinski definition) is 1. The molecular formula is C44H67N5O5Si2. The molecule has 0 spiro atoms. The number of piperidine rings is 1. The molecule has 7 rings (SSSR count). The van der Waals surface area contributed by atoms with E-state index in [-0.39, 0.29) is 24.2 Å². The van der Waals surface area contributed by atoms with E-state index < -0.39 is 21.7 Å². The van der Waals surface area contributed by atoms with Gasteiger partial charge in [-0.15, -0.1) is 0 Å². The first kappa shape index (κ1) is 40.9. The van der Waals surface area contributed by atoms with Gasteiger partial charge in [0.05, 0.1) is 19.3 Å². The van der Waals surface area contributed by atoms with Crippen LogP contribution in [-0.4, -0.2) is 99.3 Å². The fraction of sp³-hybridized carbons (Fsp3) is 0.636. The minimum atomic E-state index is -1.28. The zero-order chi connectivity index (χ0) is 40.0. The monoisotopic (exact) mass is 801 g/mol. The van der Waals surface area contributed by atoms with E-state index in [1.807, 2.05) is 33.0 Å². The average Bonchev–Trinajstić information content (AvgIpc) is 3.81. The zero-order valence-corrected chi connectivity index (χ0v) is 37.7. The summed E-state index contributed by atoms with van der Waals surface area (Å²) in [4.78, 5) is 18.0. The third kappa shape index (κ3) is 9.51. The largest absolute Gasteiger partial charge is 0.497 e. The molecule has 1 aromatic heterocycles. The van der Waals surface area contributed by atoms with Crippen molar-refractivity contribution in [1.82, 2.24) is 19.6 Å². The number of aromatic nitrogens is 2. The Morgan fingerprint density at radius 3 is 2.07 bits per heavy atom. The van der Waals surface area contributed by atoms with E-state index in [0.29, 0.717) is 25.3 Å². The molecule has 1 N–H and O–H groups in total. The van der Waals surface area contributed by atoms with Crippen molar-refractivity contribution in [2.75, 3.05) is 39.1 Å². The number of ether oxygens (including phenoxy) is 4. The molecule has 1 amide bonds. The third-order valence-electron chi connectivity index (χ3n) is 11.9. The lowest BCUT2D eigenvalue weighted by atomic mass is 9.79. The predicted molar refractivity (Wildman–Crippen MR) is 232 cm³/mol. The molecule has 1 unspecified atom stereocenters. The van der Waals surface area contributed by atoms with Crippen molar-refractivity contribution in [3.05, 3.63) is 48.2 Å². The van der Waals surface area contributed by atoms with Crippen molar-refractivity contribution < 1.29 is 23.7 Å². The van der Waals surface area contributed by atoms with Crippen molar-refractivity contribution in [2.45, 2.75) is 134 Å². The molecule has 0 radical (unpaired) electrons. The highest BCUT2D eigenvalue weighted by Gasteiger charge is 2.50. The number of amides is 1. The number of anilines is 1. The Labute approximate surface area is 337 Å². The Morgan fingerprint density at radius 2 is 1.50 bits per heavy atom. The normalized spacial score (nSPS) is 22.6. The summed E-state index contributed by atoms with van der Waals surface area (Å²) in [6.45, 7) is 22.7. The third-order valence-corrected chi connectivity index (χ3v) is 15.3. The molecule has 3 aromatic rings. The minimum absolute atomic E-state index is 0.0938. The van der Waals surface area contributed by atoms with Gasteiger partial charge in [-0.3, -0.25) is 0 Å². The van der Waals surface area contributed by atoms with Gasteiger partial charge in [0.25, 0.3) is 0 Å². The highest BCUT2D eigenvalue weighted by molar-refractivity contribution is 6.76. The van der Waals surface area contributed by atoms with Gasteiger partial charge in [0.2, 0.25) is 0 Å². The van der Waals surface area contributed by atoms with Gasteiger partial charge in [0, 0.05) is 47.0 Å². The van der Waals surface area contributed by atoms with Crippen LogP contribution in [0.15, 0.2) is 48.2 Å². The highest BCUT2D eigenvalue weighted by Crippen LogP contribution is 2.51. The molecule has 10 nitrogen and oxygen atoms in total. The van der Waals surface area contributed by atoms with Crippen LogP contribution in [0.25, 0.3) is 27.7 Å². The van der Waals surface area contributed by atoms with Crippen LogP contribution in [0.5, 0.6) is 5.75 Å². The molecule has 56 heavy (non-hydrogen) atoms. The summed E-state index contributed by atoms with van der Waals surface area (Å²) in [6, 6.07) is 15.5. The van der Waals surface area contributed by atoms with Crippen LogP contribution in [-0.2, 0) is 14.2 Å². The van der Waals surface area contributed by atoms with Crippen LogP contribution < -0.4 is 10.1 Å². The van der Waals surface area contributed by atoms with Crippen LogP contribution in [0, 0.1) is 11.8 Å². The molecule has 1 aliphatic carbocycles. The Hall–Kier alpha value is -3.33. The second kappa shape index (κ2) is 16.1. The van der Waals surface area contributed by atoms with Crippen LogP contribution >= 0.6 is 0 Å². The number of nitrogens with one attached hydrogen (secondary N) is 1. The van der Waals surface area contributed by atoms with Crippen LogP contribution in [0.4, 0.5) is 10.6 Å². The van der Waals surface area contributed by atoms with Crippen molar-refractivity contribution in [3.8, 4) is 16.9 Å². The smallest absolute Gasteiger partial charge is 0.410 e. The maximum atomic E-state index is 13.5. The van der Waals surface area contributed by atoms with Gasteiger partial charge in [0.15, 0.2) is 0 Å². The number of methoxy groups -OCH3 is 1. The minimum Gasteiger partial charge on any atom is -0.497 e. The first-order chi connectivity index (χ1) is 26.5. The molecule has 3 aliphatic heterocycles. The lowest BCUT2D eigenvalue weighted by Gasteiger charge is -2.45. The number of carbonyl (C=O) groups excluding carboxylic acids is 1. The summed E-state index contributed by atoms with van der Waals surface area (Å²) in [6.07, 6.45) is 8.12. The van der Waals surface area contributed by atoms with Gasteiger partial charge in [-0.1, -0.05) is 57.5 Å². The topological polar surface area (TPSA) is 90.3 Å². The Bertz CT molecular complexity index is 1870. The number of rotatable bonds is 15. The number of hydrogen-bond acceptors (Lipinski definition) is 8. The van der Waals surface area contributed by atoms with E-state index in [1.54, 1.807) is 7.11 Å². The predicted octanol–water partition coefficient (Wildman–Crippen LogP) is 10.2. The molecule has 3 fully saturated rings. The summed E-state index contributed by atoms with van der Waals surface area (Å²) in [5, 5.41) is 11.6. The lowest BCUT2D eigenvalue weighted by Crippen LogP contribution is -2.52. The average molecular weight is 802 g/mol. The number of nitrogens with zero attached hydrogens (tertiary/aromatic N) is 4. The van der Waals surface area contributed by atoms with E-state index in [9.17, 15) is 4.79 Å². The van der Waals surface area contributed by atoms with E-state index in [2.05, 4.69) is 89.4 Å². The SMILES string of the molecule is COc1ccc2ccc(-c3cnn4c3N[C@H](C3C[C@H]5CC[C@@H](C3)N5C(=O)OC(C)(C)C)C(C3CC3)=C4N(COCC[Si](C)(C)C)COCC[Si](C)(C)C)cc2c1. The summed E-state index contributed by atoms with van der Waals surface area (Å²) in [7, 11) is -0.849. The van der Waals surface area contributed by atoms with E-state index in [1.165, 1.54) is 11.0 Å². The number of fused-ring (bicyclic) bond motifs is 4. The Kier molecular flexibility index (Phi) is 11.8. The maximum Gasteiger partial charge on any atom is 0.410 e. The van der Waals surface area contributed by atoms with Gasteiger partial charge < -0.3 is 34.1 Å². The van der Waals surface area contributed by atoms with Crippen LogP contribution in [0.1, 0.15) is 59.3 Å². The summed E-state index contributed by atoms with van der Waals surface area (Å²) in [5.74, 6) is 3.77. The molecule has 1 saturated carbocycles. The zero-order valence-electron chi connectivity index (χ0n) is 35.7. The first-order valence-electron chi connectivity index (χ1n) is 21.1. The van der Waals surface area contributed by atoms with E-state index in [4.69, 9.17) is 24.0 Å². The van der Waals surface area contributed by atoms with Crippen LogP contribution in [0.3, 0.4) is 0 Å². The number of carbonyl (C=O) groups is 1. The van der Waals surface area contributed by atoms with Gasteiger partial charge >= 0.3 is 6.09 Å². The summed E-state index contributed by atoms with van der Waals surface area (Å²) in [5.41, 5.74) is 3.08.